The highest BCUT2D eigenvalue weighted by Crippen LogP contribution is 2.40. The van der Waals surface area contributed by atoms with Crippen LogP contribution in [0, 0.1) is 0 Å². The highest BCUT2D eigenvalue weighted by Gasteiger charge is 2.20. The Balaban J connectivity index is 1.90. The molecule has 2 nitrogen and oxygen atoms in total. The Morgan fingerprint density at radius 3 is 2.30 bits per heavy atom. The average molecular weight is 389 g/mol. The third kappa shape index (κ3) is 2.69. The maximum Gasteiger partial charge on any atom is 0.0963 e. The smallest absolute Gasteiger partial charge is 0.0963 e. The van der Waals surface area contributed by atoms with Gasteiger partial charge in [-0.3, -0.25) is 0 Å². The van der Waals surface area contributed by atoms with E-state index in [2.05, 4.69) is 22.9 Å². The van der Waals surface area contributed by atoms with Crippen molar-refractivity contribution in [2.75, 3.05) is 0 Å². The maximum atomic E-state index is 6.51. The Labute approximate surface area is 167 Å². The Morgan fingerprint density at radius 1 is 0.741 bits per heavy atom. The van der Waals surface area contributed by atoms with Crippen molar-refractivity contribution < 1.29 is 0 Å². The van der Waals surface area contributed by atoms with Crippen molar-refractivity contribution in [1.29, 1.82) is 0 Å². The number of pyridine rings is 1. The monoisotopic (exact) mass is 388 g/mol. The molecule has 0 N–H and O–H groups in total. The van der Waals surface area contributed by atoms with E-state index in [-0.39, 0.29) is 0 Å². The molecular weight excluding hydrogens is 375 g/mol. The standard InChI is InChI=1S/C23H14Cl2N2/c24-16-11-9-15(10-12-16)23-22-18(17-5-1-3-7-20(17)26-22)13-14-27(23)21-8-4-2-6-19(21)25/h1-14H. The second-order valence-corrected chi connectivity index (χ2v) is 7.23. The lowest BCUT2D eigenvalue weighted by Crippen LogP contribution is -2.03. The zero-order chi connectivity index (χ0) is 18.4. The van der Waals surface area contributed by atoms with Gasteiger partial charge < -0.3 is 4.57 Å². The molecule has 4 heteroatoms. The zero-order valence-corrected chi connectivity index (χ0v) is 15.7. The van der Waals surface area contributed by atoms with E-state index >= 15 is 0 Å². The van der Waals surface area contributed by atoms with E-state index in [1.165, 1.54) is 0 Å². The van der Waals surface area contributed by atoms with Crippen LogP contribution < -0.4 is 0 Å². The van der Waals surface area contributed by atoms with Crippen molar-refractivity contribution in [3.63, 3.8) is 0 Å². The second-order valence-electron chi connectivity index (χ2n) is 6.38. The van der Waals surface area contributed by atoms with Gasteiger partial charge in [0.05, 0.1) is 27.6 Å². The van der Waals surface area contributed by atoms with Gasteiger partial charge in [0.2, 0.25) is 0 Å². The molecule has 0 saturated carbocycles. The fourth-order valence-electron chi connectivity index (χ4n) is 3.53. The first-order valence-electron chi connectivity index (χ1n) is 8.63. The van der Waals surface area contributed by atoms with E-state index in [0.717, 1.165) is 39.1 Å². The zero-order valence-electron chi connectivity index (χ0n) is 14.2. The molecule has 2 aliphatic rings. The van der Waals surface area contributed by atoms with Crippen molar-refractivity contribution in [2.45, 2.75) is 0 Å². The molecule has 0 aromatic heterocycles. The van der Waals surface area contributed by atoms with Gasteiger partial charge >= 0.3 is 0 Å². The van der Waals surface area contributed by atoms with Crippen LogP contribution in [0.3, 0.4) is 0 Å². The third-order valence-corrected chi connectivity index (χ3v) is 5.34. The minimum atomic E-state index is 0.688. The molecule has 0 unspecified atom stereocenters. The number of hydrogen-bond donors (Lipinski definition) is 0. The molecule has 2 aliphatic heterocycles. The quantitative estimate of drug-likeness (QED) is 0.315. The summed E-state index contributed by atoms with van der Waals surface area (Å²) < 4.78 is 2.10. The number of rotatable bonds is 2. The summed E-state index contributed by atoms with van der Waals surface area (Å²) in [5, 5.41) is 2.54. The van der Waals surface area contributed by atoms with Crippen LogP contribution in [-0.4, -0.2) is 9.55 Å². The molecule has 2 heterocycles. The molecule has 3 aromatic carbocycles. The third-order valence-electron chi connectivity index (χ3n) is 4.77. The van der Waals surface area contributed by atoms with Crippen LogP contribution in [0.25, 0.3) is 39.1 Å². The molecule has 130 valence electrons. The fourth-order valence-corrected chi connectivity index (χ4v) is 3.88. The predicted octanol–water partition coefficient (Wildman–Crippen LogP) is 7.10. The molecule has 5 rings (SSSR count). The van der Waals surface area contributed by atoms with Gasteiger partial charge in [0.15, 0.2) is 0 Å². The topological polar surface area (TPSA) is 17.8 Å². The normalized spacial score (nSPS) is 11.3. The van der Waals surface area contributed by atoms with E-state index in [4.69, 9.17) is 28.2 Å². The van der Waals surface area contributed by atoms with Gasteiger partial charge in [0, 0.05) is 27.7 Å². The largest absolute Gasteiger partial charge is 0.313 e. The summed E-state index contributed by atoms with van der Waals surface area (Å²) in [5.41, 5.74) is 6.00. The SMILES string of the molecule is Clc1ccc(-c2c3nc4ccccc4c-3ccn2-c2ccccc2Cl)cc1. The van der Waals surface area contributed by atoms with Crippen LogP contribution in [0.4, 0.5) is 0 Å². The lowest BCUT2D eigenvalue weighted by Gasteiger charge is -2.18. The van der Waals surface area contributed by atoms with Gasteiger partial charge in [-0.1, -0.05) is 65.7 Å². The first-order valence-corrected chi connectivity index (χ1v) is 9.38. The van der Waals surface area contributed by atoms with Crippen LogP contribution in [-0.2, 0) is 0 Å². The van der Waals surface area contributed by atoms with Crippen molar-refractivity contribution in [3.05, 3.63) is 95.1 Å². The van der Waals surface area contributed by atoms with Crippen LogP contribution in [0.1, 0.15) is 0 Å². The van der Waals surface area contributed by atoms with Gasteiger partial charge in [0.1, 0.15) is 0 Å². The minimum absolute atomic E-state index is 0.688. The van der Waals surface area contributed by atoms with Gasteiger partial charge in [-0.25, -0.2) is 4.98 Å². The summed E-state index contributed by atoms with van der Waals surface area (Å²) in [6.07, 6.45) is 2.06. The maximum absolute atomic E-state index is 6.51. The minimum Gasteiger partial charge on any atom is -0.313 e. The molecule has 0 spiro atoms. The molecule has 0 bridgehead atoms. The summed E-state index contributed by atoms with van der Waals surface area (Å²) in [5.74, 6) is 0. The highest BCUT2D eigenvalue weighted by molar-refractivity contribution is 6.32. The highest BCUT2D eigenvalue weighted by atomic mass is 35.5. The molecule has 0 aliphatic carbocycles. The first kappa shape index (κ1) is 16.4. The number of halogens is 2. The molecule has 0 fully saturated rings. The number of nitrogens with zero attached hydrogens (tertiary/aromatic N) is 2. The van der Waals surface area contributed by atoms with Crippen LogP contribution in [0.2, 0.25) is 10.0 Å². The molecular formula is C23H14Cl2N2. The Bertz CT molecular complexity index is 1240. The van der Waals surface area contributed by atoms with Crippen LogP contribution in [0.5, 0.6) is 0 Å². The van der Waals surface area contributed by atoms with Crippen molar-refractivity contribution >= 4 is 34.1 Å². The summed E-state index contributed by atoms with van der Waals surface area (Å²) in [6.45, 7) is 0. The number of benzene rings is 3. The fraction of sp³-hybridized carbons (Fsp3) is 0. The first-order chi connectivity index (χ1) is 13.2. The summed E-state index contributed by atoms with van der Waals surface area (Å²) in [4.78, 5) is 4.93. The molecule has 0 saturated heterocycles. The predicted molar refractivity (Wildman–Crippen MR) is 113 cm³/mol. The van der Waals surface area contributed by atoms with Crippen molar-refractivity contribution in [2.24, 2.45) is 0 Å². The second kappa shape index (κ2) is 6.41. The average Bonchev–Trinajstić information content (AvgIpc) is 3.07. The van der Waals surface area contributed by atoms with Gasteiger partial charge in [-0.05, 0) is 36.4 Å². The Hall–Kier alpha value is -2.81. The number of fused-ring (bicyclic) bond motifs is 3. The molecule has 0 amide bonds. The Morgan fingerprint density at radius 2 is 1.48 bits per heavy atom. The number of hydrogen-bond acceptors (Lipinski definition) is 1. The molecule has 0 radical (unpaired) electrons. The van der Waals surface area contributed by atoms with Gasteiger partial charge in [-0.2, -0.15) is 0 Å². The van der Waals surface area contributed by atoms with Crippen LogP contribution >= 0.6 is 23.2 Å². The van der Waals surface area contributed by atoms with E-state index in [9.17, 15) is 0 Å². The lowest BCUT2D eigenvalue weighted by molar-refractivity contribution is 1.05. The van der Waals surface area contributed by atoms with E-state index in [1.807, 2.05) is 66.7 Å². The van der Waals surface area contributed by atoms with Crippen molar-refractivity contribution in [3.8, 4) is 28.2 Å². The van der Waals surface area contributed by atoms with E-state index in [1.54, 1.807) is 0 Å². The summed E-state index contributed by atoms with van der Waals surface area (Å²) >= 11 is 12.6. The number of para-hydroxylation sites is 2. The van der Waals surface area contributed by atoms with Crippen LogP contribution in [0.15, 0.2) is 85.1 Å². The number of aromatic nitrogens is 2. The van der Waals surface area contributed by atoms with Gasteiger partial charge in [-0.15, -0.1) is 0 Å². The molecule has 3 aromatic rings. The van der Waals surface area contributed by atoms with E-state index in [0.29, 0.717) is 10.0 Å². The lowest BCUT2D eigenvalue weighted by atomic mass is 10.0. The van der Waals surface area contributed by atoms with E-state index < -0.39 is 0 Å². The summed E-state index contributed by atoms with van der Waals surface area (Å²) in [6, 6.07) is 26.0. The van der Waals surface area contributed by atoms with Crippen molar-refractivity contribution in [1.82, 2.24) is 9.55 Å². The van der Waals surface area contributed by atoms with Gasteiger partial charge in [0.25, 0.3) is 0 Å². The Kier molecular flexibility index (Phi) is 3.89. The molecule has 27 heavy (non-hydrogen) atoms. The molecule has 0 atom stereocenters. The summed E-state index contributed by atoms with van der Waals surface area (Å²) in [7, 11) is 0.